The lowest BCUT2D eigenvalue weighted by Gasteiger charge is -2.20. The van der Waals surface area contributed by atoms with Gasteiger partial charge in [-0.05, 0) is 58.2 Å². The number of hydrogen-bond acceptors (Lipinski definition) is 2. The molecular formula is C29H25NOSi. The summed E-state index contributed by atoms with van der Waals surface area (Å²) < 4.78 is 30.5. The third-order valence-electron chi connectivity index (χ3n) is 6.35. The van der Waals surface area contributed by atoms with Crippen LogP contribution in [0.3, 0.4) is 0 Å². The molecular weight excluding hydrogens is 406 g/mol. The van der Waals surface area contributed by atoms with Crippen molar-refractivity contribution in [2.45, 2.75) is 26.5 Å². The Morgan fingerprint density at radius 1 is 0.781 bits per heavy atom. The summed E-state index contributed by atoms with van der Waals surface area (Å²) in [7, 11) is -1.94. The van der Waals surface area contributed by atoms with E-state index >= 15 is 0 Å². The number of pyridine rings is 1. The van der Waals surface area contributed by atoms with Crippen LogP contribution in [-0.4, -0.2) is 13.1 Å². The van der Waals surface area contributed by atoms with E-state index in [-0.39, 0.29) is 0 Å². The van der Waals surface area contributed by atoms with E-state index < -0.39 is 14.9 Å². The quantitative estimate of drug-likeness (QED) is 0.205. The van der Waals surface area contributed by atoms with Crippen LogP contribution in [0.25, 0.3) is 54.7 Å². The summed E-state index contributed by atoms with van der Waals surface area (Å²) in [5.41, 5.74) is 3.59. The fourth-order valence-corrected chi connectivity index (χ4v) is 6.17. The summed E-state index contributed by atoms with van der Waals surface area (Å²) in [4.78, 5) is 4.61. The fourth-order valence-electron chi connectivity index (χ4n) is 4.72. The van der Waals surface area contributed by atoms with Gasteiger partial charge in [-0.1, -0.05) is 73.4 Å². The molecule has 0 aliphatic carbocycles. The maximum atomic E-state index is 8.00. The fraction of sp³-hybridized carbons (Fsp3) is 0.138. The zero-order chi connectivity index (χ0) is 24.5. The average Bonchev–Trinajstić information content (AvgIpc) is 3.19. The molecule has 2 nitrogen and oxygen atoms in total. The predicted molar refractivity (Wildman–Crippen MR) is 140 cm³/mol. The maximum Gasteiger partial charge on any atom is 0.144 e. The number of rotatable bonds is 2. The highest BCUT2D eigenvalue weighted by Gasteiger charge is 2.21. The van der Waals surface area contributed by atoms with Crippen LogP contribution in [0.15, 0.2) is 83.4 Å². The summed E-state index contributed by atoms with van der Waals surface area (Å²) in [6, 6.07) is 25.1. The van der Waals surface area contributed by atoms with Gasteiger partial charge in [-0.2, -0.15) is 0 Å². The van der Waals surface area contributed by atoms with E-state index in [0.29, 0.717) is 5.56 Å². The molecule has 6 rings (SSSR count). The van der Waals surface area contributed by atoms with Crippen LogP contribution in [-0.2, 0) is 0 Å². The van der Waals surface area contributed by atoms with Crippen molar-refractivity contribution in [3.63, 3.8) is 0 Å². The molecule has 0 atom stereocenters. The van der Waals surface area contributed by atoms with Crippen LogP contribution in [0.4, 0.5) is 0 Å². The zero-order valence-electron chi connectivity index (χ0n) is 21.4. The monoisotopic (exact) mass is 434 g/mol. The smallest absolute Gasteiger partial charge is 0.144 e. The van der Waals surface area contributed by atoms with Gasteiger partial charge in [0.1, 0.15) is 11.2 Å². The van der Waals surface area contributed by atoms with E-state index in [4.69, 9.17) is 8.53 Å². The van der Waals surface area contributed by atoms with E-state index in [1.165, 1.54) is 22.4 Å². The van der Waals surface area contributed by atoms with E-state index in [1.807, 2.05) is 18.2 Å². The first-order valence-electron chi connectivity index (χ1n) is 12.4. The van der Waals surface area contributed by atoms with Gasteiger partial charge in [0.05, 0.1) is 13.8 Å². The Kier molecular flexibility index (Phi) is 3.44. The minimum absolute atomic E-state index is 0.357. The highest BCUT2D eigenvalue weighted by Crippen LogP contribution is 2.38. The third-order valence-corrected chi connectivity index (χ3v) is 8.38. The topological polar surface area (TPSA) is 26.0 Å². The second kappa shape index (κ2) is 6.78. The van der Waals surface area contributed by atoms with Crippen LogP contribution in [0.1, 0.15) is 9.68 Å². The number of nitrogens with zero attached hydrogens (tertiary/aromatic N) is 1. The summed E-state index contributed by atoms with van der Waals surface area (Å²) in [5.74, 6) is 0. The van der Waals surface area contributed by atoms with Crippen LogP contribution in [0.5, 0.6) is 0 Å². The lowest BCUT2D eigenvalue weighted by atomic mass is 9.99. The van der Waals surface area contributed by atoms with Crippen molar-refractivity contribution in [1.29, 1.82) is 0 Å². The number of fused-ring (bicyclic) bond motifs is 6. The Bertz CT molecular complexity index is 1780. The molecule has 2 heterocycles. The minimum atomic E-state index is -2.19. The first-order valence-corrected chi connectivity index (χ1v) is 14.4. The Balaban J connectivity index is 1.62. The van der Waals surface area contributed by atoms with Crippen molar-refractivity contribution >= 4 is 56.7 Å². The van der Waals surface area contributed by atoms with Gasteiger partial charge in [-0.15, -0.1) is 0 Å². The van der Waals surface area contributed by atoms with Gasteiger partial charge in [0.2, 0.25) is 0 Å². The van der Waals surface area contributed by atoms with Crippen molar-refractivity contribution in [3.05, 3.63) is 84.6 Å². The number of aromatic nitrogens is 1. The Morgan fingerprint density at radius 3 is 2.44 bits per heavy atom. The van der Waals surface area contributed by atoms with Gasteiger partial charge in [0.25, 0.3) is 0 Å². The molecule has 2 aromatic heterocycles. The third kappa shape index (κ3) is 2.89. The molecule has 0 aliphatic heterocycles. The maximum absolute atomic E-state index is 8.00. The van der Waals surface area contributed by atoms with Gasteiger partial charge >= 0.3 is 0 Å². The van der Waals surface area contributed by atoms with Gasteiger partial charge in [0.15, 0.2) is 0 Å². The normalized spacial score (nSPS) is 14.2. The molecule has 0 fully saturated rings. The van der Waals surface area contributed by atoms with E-state index in [9.17, 15) is 0 Å². The van der Waals surface area contributed by atoms with Crippen LogP contribution >= 0.6 is 0 Å². The number of furan rings is 1. The number of hydrogen-bond donors (Lipinski definition) is 0. The molecule has 4 aromatic carbocycles. The molecule has 32 heavy (non-hydrogen) atoms. The molecule has 0 amide bonds. The van der Waals surface area contributed by atoms with Gasteiger partial charge < -0.3 is 4.42 Å². The van der Waals surface area contributed by atoms with E-state index in [0.717, 1.165) is 43.8 Å². The first kappa shape index (κ1) is 16.2. The van der Waals surface area contributed by atoms with Crippen LogP contribution in [0.2, 0.25) is 19.6 Å². The number of para-hydroxylation sites is 1. The molecule has 0 bridgehead atoms. The van der Waals surface area contributed by atoms with Gasteiger partial charge in [-0.3, -0.25) is 4.98 Å². The number of aryl methyl sites for hydroxylation is 1. The van der Waals surface area contributed by atoms with Crippen molar-refractivity contribution < 1.29 is 8.53 Å². The molecule has 0 saturated heterocycles. The molecule has 0 N–H and O–H groups in total. The molecule has 0 aliphatic rings. The van der Waals surface area contributed by atoms with Crippen molar-refractivity contribution in [2.24, 2.45) is 0 Å². The minimum Gasteiger partial charge on any atom is -0.455 e. The van der Waals surface area contributed by atoms with Crippen LogP contribution < -0.4 is 5.19 Å². The molecule has 6 aromatic rings. The van der Waals surface area contributed by atoms with Crippen molar-refractivity contribution in [2.75, 3.05) is 0 Å². The first-order chi connectivity index (χ1) is 16.6. The van der Waals surface area contributed by atoms with E-state index in [2.05, 4.69) is 79.2 Å². The standard InChI is InChI=1S/C29H25NOSi/c1-18-17-30-26(16-28(18)32(2,3)4)23-11-7-10-22-25-14-20-13-12-19-8-5-6-9-21(19)24(20)15-27(25)31-29(22)23/h5-17H,1-4H3/i1D3. The highest BCUT2D eigenvalue weighted by atomic mass is 28.3. The Morgan fingerprint density at radius 2 is 1.59 bits per heavy atom. The molecule has 3 heteroatoms. The summed E-state index contributed by atoms with van der Waals surface area (Å²) in [6.07, 6.45) is 1.54. The molecule has 0 spiro atoms. The average molecular weight is 435 g/mol. The Hall–Kier alpha value is -3.43. The second-order valence-electron chi connectivity index (χ2n) is 9.51. The van der Waals surface area contributed by atoms with Crippen molar-refractivity contribution in [1.82, 2.24) is 4.98 Å². The summed E-state index contributed by atoms with van der Waals surface area (Å²) in [6.45, 7) is 4.31. The predicted octanol–water partition coefficient (Wildman–Crippen LogP) is 7.81. The van der Waals surface area contributed by atoms with Crippen molar-refractivity contribution in [3.8, 4) is 11.3 Å². The zero-order valence-corrected chi connectivity index (χ0v) is 19.4. The highest BCUT2D eigenvalue weighted by molar-refractivity contribution is 6.89. The second-order valence-corrected chi connectivity index (χ2v) is 14.5. The summed E-state index contributed by atoms with van der Waals surface area (Å²) >= 11 is 0. The molecule has 0 radical (unpaired) electrons. The Labute approximate surface area is 192 Å². The van der Waals surface area contributed by atoms with E-state index in [1.54, 1.807) is 0 Å². The van der Waals surface area contributed by atoms with Gasteiger partial charge in [0, 0.05) is 26.6 Å². The molecule has 0 saturated carbocycles. The lowest BCUT2D eigenvalue weighted by molar-refractivity contribution is 0.670. The van der Waals surface area contributed by atoms with Crippen LogP contribution in [0, 0.1) is 6.85 Å². The molecule has 156 valence electrons. The van der Waals surface area contributed by atoms with Gasteiger partial charge in [-0.25, -0.2) is 0 Å². The largest absolute Gasteiger partial charge is 0.455 e. The molecule has 0 unspecified atom stereocenters. The lowest BCUT2D eigenvalue weighted by Crippen LogP contribution is -2.39. The number of benzene rings is 4. The summed E-state index contributed by atoms with van der Waals surface area (Å²) in [5, 5.41) is 7.75. The SMILES string of the molecule is [2H]C([2H])([2H])c1cnc(-c2cccc3c2oc2cc4c(ccc5ccccc54)cc23)cc1[Si](C)(C)C.